The summed E-state index contributed by atoms with van der Waals surface area (Å²) in [6.07, 6.45) is 1.18. The number of halogens is 2. The van der Waals surface area contributed by atoms with Crippen molar-refractivity contribution in [2.45, 2.75) is 0 Å². The summed E-state index contributed by atoms with van der Waals surface area (Å²) in [5.74, 6) is -0.165. The SMILES string of the molecule is CS(=O)(=O)CCNCCOc1cc(Br)ccc1F. The van der Waals surface area contributed by atoms with Crippen molar-refractivity contribution in [2.24, 2.45) is 0 Å². The lowest BCUT2D eigenvalue weighted by atomic mass is 10.3. The molecule has 0 aliphatic heterocycles. The fourth-order valence-corrected chi connectivity index (χ4v) is 2.06. The molecular formula is C11H15BrFNO3S. The summed E-state index contributed by atoms with van der Waals surface area (Å²) in [6, 6.07) is 4.45. The van der Waals surface area contributed by atoms with Gasteiger partial charge in [0.25, 0.3) is 0 Å². The predicted molar refractivity (Wildman–Crippen MR) is 72.2 cm³/mol. The molecule has 0 atom stereocenters. The van der Waals surface area contributed by atoms with Crippen LogP contribution in [0.3, 0.4) is 0 Å². The van der Waals surface area contributed by atoms with Crippen LogP contribution in [0.5, 0.6) is 5.75 Å². The minimum atomic E-state index is -2.95. The van der Waals surface area contributed by atoms with E-state index in [1.54, 1.807) is 12.1 Å². The number of nitrogens with one attached hydrogen (secondary N) is 1. The first-order valence-electron chi connectivity index (χ1n) is 5.35. The summed E-state index contributed by atoms with van der Waals surface area (Å²) in [7, 11) is -2.95. The zero-order chi connectivity index (χ0) is 13.6. The Morgan fingerprint density at radius 3 is 2.78 bits per heavy atom. The highest BCUT2D eigenvalue weighted by molar-refractivity contribution is 9.10. The molecule has 0 bridgehead atoms. The summed E-state index contributed by atoms with van der Waals surface area (Å²) in [4.78, 5) is 0. The first-order chi connectivity index (χ1) is 8.38. The largest absolute Gasteiger partial charge is 0.489 e. The van der Waals surface area contributed by atoms with Gasteiger partial charge in [0.15, 0.2) is 11.6 Å². The third kappa shape index (κ3) is 6.32. The monoisotopic (exact) mass is 339 g/mol. The maximum absolute atomic E-state index is 13.3. The lowest BCUT2D eigenvalue weighted by molar-refractivity contribution is 0.300. The Morgan fingerprint density at radius 1 is 1.39 bits per heavy atom. The van der Waals surface area contributed by atoms with Gasteiger partial charge in [-0.25, -0.2) is 12.8 Å². The third-order valence-corrected chi connectivity index (χ3v) is 3.52. The van der Waals surface area contributed by atoms with Gasteiger partial charge in [-0.1, -0.05) is 15.9 Å². The van der Waals surface area contributed by atoms with E-state index in [2.05, 4.69) is 21.2 Å². The van der Waals surface area contributed by atoms with Crippen LogP contribution >= 0.6 is 15.9 Å². The van der Waals surface area contributed by atoms with Crippen LogP contribution in [0.15, 0.2) is 22.7 Å². The van der Waals surface area contributed by atoms with Gasteiger partial charge >= 0.3 is 0 Å². The molecule has 0 unspecified atom stereocenters. The normalized spacial score (nSPS) is 11.5. The van der Waals surface area contributed by atoms with Gasteiger partial charge in [0.05, 0.1) is 5.75 Å². The molecule has 1 rings (SSSR count). The highest BCUT2D eigenvalue weighted by Gasteiger charge is 2.04. The minimum Gasteiger partial charge on any atom is -0.489 e. The lowest BCUT2D eigenvalue weighted by Gasteiger charge is -2.08. The van der Waals surface area contributed by atoms with Gasteiger partial charge < -0.3 is 10.1 Å². The zero-order valence-corrected chi connectivity index (χ0v) is 12.4. The molecule has 0 fully saturated rings. The van der Waals surface area contributed by atoms with E-state index in [1.165, 1.54) is 12.3 Å². The summed E-state index contributed by atoms with van der Waals surface area (Å²) in [5, 5.41) is 2.91. The molecule has 4 nitrogen and oxygen atoms in total. The topological polar surface area (TPSA) is 55.4 Å². The Hall–Kier alpha value is -0.660. The maximum atomic E-state index is 13.3. The predicted octanol–water partition coefficient (Wildman–Crippen LogP) is 1.60. The average Bonchev–Trinajstić information content (AvgIpc) is 2.26. The Balaban J connectivity index is 2.24. The first kappa shape index (κ1) is 15.4. The Labute approximate surface area is 115 Å². The summed E-state index contributed by atoms with van der Waals surface area (Å²) < 4.78 is 40.9. The molecule has 0 amide bonds. The molecule has 0 spiro atoms. The van der Waals surface area contributed by atoms with Crippen molar-refractivity contribution in [1.29, 1.82) is 0 Å². The van der Waals surface area contributed by atoms with Crippen molar-refractivity contribution >= 4 is 25.8 Å². The van der Waals surface area contributed by atoms with Crippen molar-refractivity contribution in [3.8, 4) is 5.75 Å². The standard InChI is InChI=1S/C11H15BrFNO3S/c1-18(15,16)7-5-14-4-6-17-11-8-9(12)2-3-10(11)13/h2-3,8,14H,4-7H2,1H3. The van der Waals surface area contributed by atoms with Crippen molar-refractivity contribution in [3.05, 3.63) is 28.5 Å². The minimum absolute atomic E-state index is 0.0816. The molecule has 1 aromatic rings. The zero-order valence-electron chi connectivity index (χ0n) is 9.95. The Morgan fingerprint density at radius 2 is 2.11 bits per heavy atom. The highest BCUT2D eigenvalue weighted by Crippen LogP contribution is 2.21. The van der Waals surface area contributed by atoms with Crippen LogP contribution < -0.4 is 10.1 Å². The van der Waals surface area contributed by atoms with Crippen LogP contribution in [0.4, 0.5) is 4.39 Å². The van der Waals surface area contributed by atoms with E-state index in [1.807, 2.05) is 0 Å². The van der Waals surface area contributed by atoms with Gasteiger partial charge in [-0.15, -0.1) is 0 Å². The number of benzene rings is 1. The summed E-state index contributed by atoms with van der Waals surface area (Å²) in [6.45, 7) is 1.10. The van der Waals surface area contributed by atoms with Gasteiger partial charge in [0.2, 0.25) is 0 Å². The summed E-state index contributed by atoms with van der Waals surface area (Å²) >= 11 is 3.22. The first-order valence-corrected chi connectivity index (χ1v) is 8.20. The van der Waals surface area contributed by atoms with E-state index in [4.69, 9.17) is 4.74 Å². The van der Waals surface area contributed by atoms with E-state index in [-0.39, 0.29) is 18.1 Å². The van der Waals surface area contributed by atoms with Gasteiger partial charge in [0, 0.05) is 23.8 Å². The molecule has 0 radical (unpaired) electrons. The van der Waals surface area contributed by atoms with Crippen molar-refractivity contribution in [1.82, 2.24) is 5.32 Å². The molecule has 1 N–H and O–H groups in total. The lowest BCUT2D eigenvalue weighted by Crippen LogP contribution is -2.26. The molecule has 0 aromatic heterocycles. The van der Waals surface area contributed by atoms with E-state index < -0.39 is 15.7 Å². The third-order valence-electron chi connectivity index (χ3n) is 2.08. The summed E-state index contributed by atoms with van der Waals surface area (Å²) in [5.41, 5.74) is 0. The second kappa shape index (κ2) is 7.06. The number of rotatable bonds is 7. The number of sulfone groups is 1. The molecule has 1 aromatic carbocycles. The van der Waals surface area contributed by atoms with Gasteiger partial charge in [0.1, 0.15) is 16.4 Å². The fraction of sp³-hybridized carbons (Fsp3) is 0.455. The van der Waals surface area contributed by atoms with Crippen LogP contribution in [0, 0.1) is 5.82 Å². The molecule has 18 heavy (non-hydrogen) atoms. The Kier molecular flexibility index (Phi) is 6.04. The molecule has 0 aliphatic carbocycles. The number of ether oxygens (including phenoxy) is 1. The van der Waals surface area contributed by atoms with Crippen LogP contribution in [0.25, 0.3) is 0 Å². The maximum Gasteiger partial charge on any atom is 0.165 e. The molecule has 0 saturated carbocycles. The number of hydrogen-bond donors (Lipinski definition) is 1. The van der Waals surface area contributed by atoms with E-state index in [9.17, 15) is 12.8 Å². The van der Waals surface area contributed by atoms with Gasteiger partial charge in [-0.3, -0.25) is 0 Å². The molecule has 7 heteroatoms. The molecule has 0 heterocycles. The van der Waals surface area contributed by atoms with Gasteiger partial charge in [-0.05, 0) is 18.2 Å². The van der Waals surface area contributed by atoms with Crippen LogP contribution in [-0.4, -0.2) is 40.1 Å². The van der Waals surface area contributed by atoms with Crippen LogP contribution in [-0.2, 0) is 9.84 Å². The van der Waals surface area contributed by atoms with Crippen molar-refractivity contribution in [2.75, 3.05) is 31.7 Å². The van der Waals surface area contributed by atoms with E-state index in [0.717, 1.165) is 4.47 Å². The van der Waals surface area contributed by atoms with Gasteiger partial charge in [-0.2, -0.15) is 0 Å². The second-order valence-corrected chi connectivity index (χ2v) is 6.98. The van der Waals surface area contributed by atoms with Crippen molar-refractivity contribution < 1.29 is 17.5 Å². The molecular weight excluding hydrogens is 325 g/mol. The van der Waals surface area contributed by atoms with Crippen LogP contribution in [0.1, 0.15) is 0 Å². The Bertz CT molecular complexity index is 493. The fourth-order valence-electron chi connectivity index (χ4n) is 1.20. The molecule has 102 valence electrons. The average molecular weight is 340 g/mol. The quantitative estimate of drug-likeness (QED) is 0.766. The molecule has 0 aliphatic rings. The van der Waals surface area contributed by atoms with Crippen molar-refractivity contribution in [3.63, 3.8) is 0 Å². The van der Waals surface area contributed by atoms with Crippen LogP contribution in [0.2, 0.25) is 0 Å². The molecule has 0 saturated heterocycles. The van der Waals surface area contributed by atoms with E-state index in [0.29, 0.717) is 13.1 Å². The highest BCUT2D eigenvalue weighted by atomic mass is 79.9. The van der Waals surface area contributed by atoms with E-state index >= 15 is 0 Å². The second-order valence-electron chi connectivity index (χ2n) is 3.80. The number of hydrogen-bond acceptors (Lipinski definition) is 4. The smallest absolute Gasteiger partial charge is 0.165 e.